The second kappa shape index (κ2) is 7.26. The third kappa shape index (κ3) is 4.21. The van der Waals surface area contributed by atoms with E-state index in [4.69, 9.17) is 16.0 Å². The number of hydrogen-bond donors (Lipinski definition) is 2. The summed E-state index contributed by atoms with van der Waals surface area (Å²) in [5.74, 6) is 2.26. The minimum absolute atomic E-state index is 0.0304. The molecule has 0 saturated carbocycles. The van der Waals surface area contributed by atoms with Crippen molar-refractivity contribution in [2.24, 2.45) is 0 Å². The molecular formula is C14H14ClNO3S. The normalized spacial score (nSPS) is 10.4. The first-order valence-corrected chi connectivity index (χ1v) is 7.57. The summed E-state index contributed by atoms with van der Waals surface area (Å²) in [7, 11) is 0. The van der Waals surface area contributed by atoms with Crippen molar-refractivity contribution >= 4 is 29.3 Å². The number of furan rings is 1. The van der Waals surface area contributed by atoms with E-state index < -0.39 is 0 Å². The number of aromatic hydroxyl groups is 1. The smallest absolute Gasteiger partial charge is 0.251 e. The standard InChI is InChI=1S/C14H14ClNO3S/c15-12-8-10(3-4-13(12)17)14(18)16-5-7-20-9-11-2-1-6-19-11/h1-4,6,8,17H,5,7,9H2,(H,16,18). The number of halogens is 1. The fourth-order valence-corrected chi connectivity index (χ4v) is 2.49. The zero-order chi connectivity index (χ0) is 14.4. The van der Waals surface area contributed by atoms with Crippen molar-refractivity contribution in [3.05, 3.63) is 52.9 Å². The number of hydrogen-bond acceptors (Lipinski definition) is 4. The molecule has 20 heavy (non-hydrogen) atoms. The predicted octanol–water partition coefficient (Wildman–Crippen LogP) is 3.30. The molecule has 0 bridgehead atoms. The van der Waals surface area contributed by atoms with E-state index >= 15 is 0 Å². The van der Waals surface area contributed by atoms with E-state index in [1.807, 2.05) is 12.1 Å². The van der Waals surface area contributed by atoms with Gasteiger partial charge in [0.05, 0.1) is 17.0 Å². The zero-order valence-electron chi connectivity index (χ0n) is 10.6. The maximum absolute atomic E-state index is 11.8. The molecule has 0 fully saturated rings. The summed E-state index contributed by atoms with van der Waals surface area (Å²) in [4.78, 5) is 11.8. The van der Waals surface area contributed by atoms with E-state index in [0.29, 0.717) is 12.1 Å². The molecule has 0 aliphatic carbocycles. The van der Waals surface area contributed by atoms with Gasteiger partial charge in [-0.1, -0.05) is 11.6 Å². The number of benzene rings is 1. The van der Waals surface area contributed by atoms with E-state index in [0.717, 1.165) is 17.3 Å². The highest BCUT2D eigenvalue weighted by Gasteiger charge is 2.07. The number of carbonyl (C=O) groups excluding carboxylic acids is 1. The molecule has 0 aliphatic heterocycles. The van der Waals surface area contributed by atoms with Gasteiger partial charge in [-0.3, -0.25) is 4.79 Å². The Morgan fingerprint density at radius 2 is 2.25 bits per heavy atom. The molecule has 2 N–H and O–H groups in total. The fourth-order valence-electron chi connectivity index (χ4n) is 1.55. The first-order chi connectivity index (χ1) is 9.66. The van der Waals surface area contributed by atoms with Crippen LogP contribution in [0.2, 0.25) is 5.02 Å². The van der Waals surface area contributed by atoms with Gasteiger partial charge in [-0.15, -0.1) is 0 Å². The number of phenolic OH excluding ortho intramolecular Hbond substituents is 1. The quantitative estimate of drug-likeness (QED) is 0.804. The molecule has 0 aliphatic rings. The molecule has 0 spiro atoms. The van der Waals surface area contributed by atoms with Crippen molar-refractivity contribution in [2.75, 3.05) is 12.3 Å². The van der Waals surface area contributed by atoms with E-state index in [9.17, 15) is 9.90 Å². The number of amides is 1. The monoisotopic (exact) mass is 311 g/mol. The Hall–Kier alpha value is -1.59. The van der Waals surface area contributed by atoms with Crippen molar-refractivity contribution < 1.29 is 14.3 Å². The van der Waals surface area contributed by atoms with Gasteiger partial charge in [-0.25, -0.2) is 0 Å². The molecule has 0 saturated heterocycles. The lowest BCUT2D eigenvalue weighted by atomic mass is 10.2. The molecule has 1 aromatic carbocycles. The average molecular weight is 312 g/mol. The Balaban J connectivity index is 1.70. The summed E-state index contributed by atoms with van der Waals surface area (Å²) in [5.41, 5.74) is 0.434. The van der Waals surface area contributed by atoms with Gasteiger partial charge in [0.25, 0.3) is 5.91 Å². The van der Waals surface area contributed by atoms with Crippen LogP contribution in [0.4, 0.5) is 0 Å². The van der Waals surface area contributed by atoms with Gasteiger partial charge < -0.3 is 14.8 Å². The van der Waals surface area contributed by atoms with Crippen LogP contribution in [0.25, 0.3) is 0 Å². The van der Waals surface area contributed by atoms with Crippen LogP contribution >= 0.6 is 23.4 Å². The number of carbonyl (C=O) groups is 1. The topological polar surface area (TPSA) is 62.5 Å². The minimum atomic E-state index is -0.203. The second-order valence-electron chi connectivity index (χ2n) is 4.05. The lowest BCUT2D eigenvalue weighted by Gasteiger charge is -2.05. The summed E-state index contributed by atoms with van der Waals surface area (Å²) < 4.78 is 5.21. The van der Waals surface area contributed by atoms with Crippen LogP contribution in [0.15, 0.2) is 41.0 Å². The molecule has 1 aromatic heterocycles. The Labute approximate surface area is 126 Å². The molecular weight excluding hydrogens is 298 g/mol. The summed E-state index contributed by atoms with van der Waals surface area (Å²) in [5, 5.41) is 12.3. The van der Waals surface area contributed by atoms with Crippen LogP contribution < -0.4 is 5.32 Å². The van der Waals surface area contributed by atoms with E-state index in [-0.39, 0.29) is 16.7 Å². The average Bonchev–Trinajstić information content (AvgIpc) is 2.94. The molecule has 1 amide bonds. The van der Waals surface area contributed by atoms with Crippen LogP contribution in [0, 0.1) is 0 Å². The largest absolute Gasteiger partial charge is 0.506 e. The maximum atomic E-state index is 11.8. The maximum Gasteiger partial charge on any atom is 0.251 e. The molecule has 0 atom stereocenters. The molecule has 4 nitrogen and oxygen atoms in total. The van der Waals surface area contributed by atoms with E-state index in [1.165, 1.54) is 18.2 Å². The van der Waals surface area contributed by atoms with Crippen LogP contribution in [-0.2, 0) is 5.75 Å². The first kappa shape index (κ1) is 14.8. The highest BCUT2D eigenvalue weighted by molar-refractivity contribution is 7.98. The van der Waals surface area contributed by atoms with Crippen LogP contribution in [0.5, 0.6) is 5.75 Å². The van der Waals surface area contributed by atoms with Gasteiger partial charge in [-0.2, -0.15) is 11.8 Å². The number of nitrogens with one attached hydrogen (secondary N) is 1. The van der Waals surface area contributed by atoms with Gasteiger partial charge in [0, 0.05) is 17.9 Å². The molecule has 106 valence electrons. The summed E-state index contributed by atoms with van der Waals surface area (Å²) in [6.07, 6.45) is 1.65. The molecule has 0 radical (unpaired) electrons. The molecule has 1 heterocycles. The molecule has 2 rings (SSSR count). The van der Waals surface area contributed by atoms with Gasteiger partial charge in [0.2, 0.25) is 0 Å². The number of thioether (sulfide) groups is 1. The highest BCUT2D eigenvalue weighted by atomic mass is 35.5. The molecule has 2 aromatic rings. The van der Waals surface area contributed by atoms with Crippen molar-refractivity contribution in [1.82, 2.24) is 5.32 Å². The number of phenols is 1. The summed E-state index contributed by atoms with van der Waals surface area (Å²) in [6.45, 7) is 0.558. The van der Waals surface area contributed by atoms with Crippen LogP contribution in [0.3, 0.4) is 0 Å². The third-order valence-electron chi connectivity index (χ3n) is 2.57. The Kier molecular flexibility index (Phi) is 5.38. The van der Waals surface area contributed by atoms with Crippen molar-refractivity contribution in [3.8, 4) is 5.75 Å². The van der Waals surface area contributed by atoms with Crippen LogP contribution in [-0.4, -0.2) is 23.3 Å². The zero-order valence-corrected chi connectivity index (χ0v) is 12.2. The lowest BCUT2D eigenvalue weighted by molar-refractivity contribution is 0.0956. The predicted molar refractivity (Wildman–Crippen MR) is 80.3 cm³/mol. The van der Waals surface area contributed by atoms with Crippen LogP contribution in [0.1, 0.15) is 16.1 Å². The minimum Gasteiger partial charge on any atom is -0.506 e. The van der Waals surface area contributed by atoms with Gasteiger partial charge >= 0.3 is 0 Å². The molecule has 0 unspecified atom stereocenters. The Bertz CT molecular complexity index is 572. The first-order valence-electron chi connectivity index (χ1n) is 6.03. The Morgan fingerprint density at radius 3 is 2.95 bits per heavy atom. The van der Waals surface area contributed by atoms with Crippen molar-refractivity contribution in [2.45, 2.75) is 5.75 Å². The van der Waals surface area contributed by atoms with Crippen molar-refractivity contribution in [1.29, 1.82) is 0 Å². The Morgan fingerprint density at radius 1 is 1.40 bits per heavy atom. The number of rotatable bonds is 6. The fraction of sp³-hybridized carbons (Fsp3) is 0.214. The third-order valence-corrected chi connectivity index (χ3v) is 3.85. The van der Waals surface area contributed by atoms with E-state index in [2.05, 4.69) is 5.32 Å². The second-order valence-corrected chi connectivity index (χ2v) is 5.57. The molecule has 6 heteroatoms. The summed E-state index contributed by atoms with van der Waals surface area (Å²) in [6, 6.07) is 8.16. The van der Waals surface area contributed by atoms with Gasteiger partial charge in [0.1, 0.15) is 11.5 Å². The highest BCUT2D eigenvalue weighted by Crippen LogP contribution is 2.23. The lowest BCUT2D eigenvalue weighted by Crippen LogP contribution is -2.25. The van der Waals surface area contributed by atoms with Crippen molar-refractivity contribution in [3.63, 3.8) is 0 Å². The van der Waals surface area contributed by atoms with Gasteiger partial charge in [0.15, 0.2) is 0 Å². The SMILES string of the molecule is O=C(NCCSCc1ccco1)c1ccc(O)c(Cl)c1. The summed E-state index contributed by atoms with van der Waals surface area (Å²) >= 11 is 7.43. The van der Waals surface area contributed by atoms with Gasteiger partial charge in [-0.05, 0) is 30.3 Å². The van der Waals surface area contributed by atoms with E-state index in [1.54, 1.807) is 18.0 Å².